The third kappa shape index (κ3) is 2.35. The molecule has 0 fully saturated rings. The maximum Gasteiger partial charge on any atom is 0.106 e. The largest absolute Gasteiger partial charge is 0.466 e. The molecule has 1 unspecified atom stereocenters. The zero-order chi connectivity index (χ0) is 13.3. The lowest BCUT2D eigenvalue weighted by Crippen LogP contribution is -2.09. The molecular weight excluding hydrogens is 224 g/mol. The lowest BCUT2D eigenvalue weighted by Gasteiger charge is -2.17. The van der Waals surface area contributed by atoms with Crippen molar-refractivity contribution in [3.63, 3.8) is 0 Å². The molecular formula is C15H20N2O. The highest BCUT2D eigenvalue weighted by Crippen LogP contribution is 2.28. The molecule has 3 heteroatoms. The highest BCUT2D eigenvalue weighted by molar-refractivity contribution is 5.70. The summed E-state index contributed by atoms with van der Waals surface area (Å²) in [6.45, 7) is 8.07. The third-order valence-electron chi connectivity index (χ3n) is 3.24. The molecule has 0 bridgehead atoms. The van der Waals surface area contributed by atoms with E-state index in [2.05, 4.69) is 18.3 Å². The predicted octanol–water partition coefficient (Wildman–Crippen LogP) is 3.96. The average Bonchev–Trinajstić information content (AvgIpc) is 2.64. The highest BCUT2D eigenvalue weighted by atomic mass is 16.3. The first-order valence-corrected chi connectivity index (χ1v) is 6.17. The van der Waals surface area contributed by atoms with Crippen LogP contribution in [0.1, 0.15) is 35.6 Å². The Hall–Kier alpha value is -1.90. The molecule has 0 spiro atoms. The van der Waals surface area contributed by atoms with Crippen LogP contribution in [0.3, 0.4) is 0 Å². The van der Waals surface area contributed by atoms with Crippen LogP contribution in [-0.4, -0.2) is 0 Å². The first kappa shape index (κ1) is 12.6. The van der Waals surface area contributed by atoms with E-state index in [1.54, 1.807) is 0 Å². The summed E-state index contributed by atoms with van der Waals surface area (Å²) in [4.78, 5) is 0. The summed E-state index contributed by atoms with van der Waals surface area (Å²) in [5, 5.41) is 3.44. The van der Waals surface area contributed by atoms with Gasteiger partial charge in [-0.15, -0.1) is 0 Å². The van der Waals surface area contributed by atoms with Crippen molar-refractivity contribution < 1.29 is 4.42 Å². The fraction of sp³-hybridized carbons (Fsp3) is 0.333. The summed E-state index contributed by atoms with van der Waals surface area (Å²) in [7, 11) is 0. The van der Waals surface area contributed by atoms with E-state index in [0.29, 0.717) is 0 Å². The summed E-state index contributed by atoms with van der Waals surface area (Å²) in [5.74, 6) is 1.90. The zero-order valence-electron chi connectivity index (χ0n) is 11.4. The molecule has 0 aliphatic carbocycles. The van der Waals surface area contributed by atoms with Crippen molar-refractivity contribution in [1.29, 1.82) is 0 Å². The molecule has 2 aromatic rings. The number of aryl methyl sites for hydroxylation is 3. The molecule has 1 atom stereocenters. The van der Waals surface area contributed by atoms with Crippen molar-refractivity contribution in [3.8, 4) is 0 Å². The number of nitrogens with one attached hydrogen (secondary N) is 1. The number of nitrogens with two attached hydrogens (primary N) is 1. The fourth-order valence-electron chi connectivity index (χ4n) is 2.20. The van der Waals surface area contributed by atoms with Gasteiger partial charge in [0.2, 0.25) is 0 Å². The molecule has 3 N–H and O–H groups in total. The molecule has 0 aliphatic heterocycles. The van der Waals surface area contributed by atoms with E-state index >= 15 is 0 Å². The van der Waals surface area contributed by atoms with Crippen LogP contribution in [0.2, 0.25) is 0 Å². The van der Waals surface area contributed by atoms with Crippen LogP contribution in [0.15, 0.2) is 28.7 Å². The average molecular weight is 244 g/mol. The lowest BCUT2D eigenvalue weighted by molar-refractivity contribution is 0.500. The molecule has 2 rings (SSSR count). The van der Waals surface area contributed by atoms with E-state index in [0.717, 1.165) is 28.5 Å². The first-order valence-electron chi connectivity index (χ1n) is 6.17. The van der Waals surface area contributed by atoms with E-state index in [1.165, 1.54) is 5.56 Å². The van der Waals surface area contributed by atoms with E-state index < -0.39 is 0 Å². The van der Waals surface area contributed by atoms with Gasteiger partial charge in [-0.1, -0.05) is 12.1 Å². The van der Waals surface area contributed by atoms with Crippen molar-refractivity contribution in [2.75, 3.05) is 11.1 Å². The molecule has 1 heterocycles. The summed E-state index contributed by atoms with van der Waals surface area (Å²) in [6, 6.07) is 8.26. The summed E-state index contributed by atoms with van der Waals surface area (Å²) >= 11 is 0. The van der Waals surface area contributed by atoms with Crippen LogP contribution in [0, 0.1) is 20.8 Å². The molecule has 1 aromatic carbocycles. The Bertz CT molecular complexity index is 558. The molecule has 0 aliphatic rings. The normalized spacial score (nSPS) is 12.4. The monoisotopic (exact) mass is 244 g/mol. The predicted molar refractivity (Wildman–Crippen MR) is 75.8 cm³/mol. The quantitative estimate of drug-likeness (QED) is 0.803. The Morgan fingerprint density at radius 3 is 2.56 bits per heavy atom. The van der Waals surface area contributed by atoms with Gasteiger partial charge in [0, 0.05) is 5.56 Å². The third-order valence-corrected chi connectivity index (χ3v) is 3.24. The molecule has 0 saturated heterocycles. The number of para-hydroxylation sites is 1. The molecule has 18 heavy (non-hydrogen) atoms. The van der Waals surface area contributed by atoms with Crippen LogP contribution in [0.4, 0.5) is 11.4 Å². The smallest absolute Gasteiger partial charge is 0.106 e. The van der Waals surface area contributed by atoms with Gasteiger partial charge >= 0.3 is 0 Å². The minimum Gasteiger partial charge on any atom is -0.466 e. The fourth-order valence-corrected chi connectivity index (χ4v) is 2.20. The number of hydrogen-bond donors (Lipinski definition) is 2. The van der Waals surface area contributed by atoms with Gasteiger partial charge in [0.15, 0.2) is 0 Å². The van der Waals surface area contributed by atoms with Crippen molar-refractivity contribution in [2.45, 2.75) is 33.7 Å². The number of benzene rings is 1. The number of furan rings is 1. The maximum atomic E-state index is 6.07. The SMILES string of the molecule is Cc1cc(C(C)Nc2cccc(C)c2N)c(C)o1. The molecule has 0 saturated carbocycles. The van der Waals surface area contributed by atoms with E-state index in [1.807, 2.05) is 39.0 Å². The summed E-state index contributed by atoms with van der Waals surface area (Å²) in [5.41, 5.74) is 10.1. The molecule has 0 amide bonds. The second-order valence-electron chi connectivity index (χ2n) is 4.77. The zero-order valence-corrected chi connectivity index (χ0v) is 11.4. The molecule has 1 aromatic heterocycles. The number of rotatable bonds is 3. The minimum atomic E-state index is 0.173. The van der Waals surface area contributed by atoms with Gasteiger partial charge in [-0.25, -0.2) is 0 Å². The van der Waals surface area contributed by atoms with Crippen molar-refractivity contribution >= 4 is 11.4 Å². The summed E-state index contributed by atoms with van der Waals surface area (Å²) < 4.78 is 5.56. The van der Waals surface area contributed by atoms with E-state index in [-0.39, 0.29) is 6.04 Å². The number of nitrogen functional groups attached to an aromatic ring is 1. The van der Waals surface area contributed by atoms with Crippen LogP contribution in [0.5, 0.6) is 0 Å². The lowest BCUT2D eigenvalue weighted by atomic mass is 10.1. The van der Waals surface area contributed by atoms with Crippen molar-refractivity contribution in [3.05, 3.63) is 46.9 Å². The topological polar surface area (TPSA) is 51.2 Å². The van der Waals surface area contributed by atoms with Gasteiger partial charge in [0.25, 0.3) is 0 Å². The van der Waals surface area contributed by atoms with Gasteiger partial charge in [-0.2, -0.15) is 0 Å². The molecule has 3 nitrogen and oxygen atoms in total. The van der Waals surface area contributed by atoms with Crippen molar-refractivity contribution in [2.24, 2.45) is 0 Å². The second kappa shape index (κ2) is 4.77. The Balaban J connectivity index is 2.24. The molecule has 0 radical (unpaired) electrons. The Kier molecular flexibility index (Phi) is 3.32. The highest BCUT2D eigenvalue weighted by Gasteiger charge is 2.13. The Morgan fingerprint density at radius 2 is 1.94 bits per heavy atom. The van der Waals surface area contributed by atoms with Gasteiger partial charge in [0.1, 0.15) is 11.5 Å². The number of hydrogen-bond acceptors (Lipinski definition) is 3. The summed E-state index contributed by atoms with van der Waals surface area (Å²) in [6.07, 6.45) is 0. The second-order valence-corrected chi connectivity index (χ2v) is 4.77. The van der Waals surface area contributed by atoms with Crippen LogP contribution in [-0.2, 0) is 0 Å². The van der Waals surface area contributed by atoms with Crippen LogP contribution < -0.4 is 11.1 Å². The van der Waals surface area contributed by atoms with E-state index in [4.69, 9.17) is 10.2 Å². The van der Waals surface area contributed by atoms with Gasteiger partial charge < -0.3 is 15.5 Å². The van der Waals surface area contributed by atoms with Crippen LogP contribution in [0.25, 0.3) is 0 Å². The van der Waals surface area contributed by atoms with Gasteiger partial charge in [-0.3, -0.25) is 0 Å². The van der Waals surface area contributed by atoms with Gasteiger partial charge in [0.05, 0.1) is 17.4 Å². The standard InChI is InChI=1S/C15H20N2O/c1-9-6-5-7-14(15(9)16)17-11(3)13-8-10(2)18-12(13)4/h5-8,11,17H,16H2,1-4H3. The van der Waals surface area contributed by atoms with Gasteiger partial charge in [-0.05, 0) is 45.4 Å². The minimum absolute atomic E-state index is 0.173. The van der Waals surface area contributed by atoms with Crippen LogP contribution >= 0.6 is 0 Å². The first-order chi connectivity index (χ1) is 8.49. The maximum absolute atomic E-state index is 6.07. The molecule has 96 valence electrons. The van der Waals surface area contributed by atoms with E-state index in [9.17, 15) is 0 Å². The number of anilines is 2. The van der Waals surface area contributed by atoms with Crippen molar-refractivity contribution in [1.82, 2.24) is 0 Å². The Labute approximate surface area is 108 Å². The Morgan fingerprint density at radius 1 is 1.22 bits per heavy atom.